The number of aromatic nitrogens is 3. The number of carbonyl (C=O) groups is 1. The number of nitrogens with zero attached hydrogens (tertiary/aromatic N) is 5. The van der Waals surface area contributed by atoms with Gasteiger partial charge in [0.15, 0.2) is 12.2 Å². The maximum absolute atomic E-state index is 12.7. The molecule has 25 heavy (non-hydrogen) atoms. The van der Waals surface area contributed by atoms with Crippen LogP contribution >= 0.6 is 0 Å². The zero-order chi connectivity index (χ0) is 17.2. The van der Waals surface area contributed by atoms with Crippen LogP contribution in [0.15, 0.2) is 41.4 Å². The van der Waals surface area contributed by atoms with Crippen LogP contribution in [-0.2, 0) is 11.3 Å². The minimum Gasteiger partial charge on any atom is -0.442 e. The van der Waals surface area contributed by atoms with Crippen LogP contribution in [0.5, 0.6) is 0 Å². The Bertz CT molecular complexity index is 750. The fourth-order valence-corrected chi connectivity index (χ4v) is 3.62. The Hall–Kier alpha value is -2.70. The van der Waals surface area contributed by atoms with Crippen molar-refractivity contribution in [2.24, 2.45) is 0 Å². The standard InChI is InChI=1S/C18H21N5O2/c1-13-18(24)23(15-4-2-3-5-15)9-8-22(13)11-14-6-7-16(21-20-14)17-10-19-12-25-17/h6-7,10,12,15H,1-5,8-9,11H2. The van der Waals surface area contributed by atoms with Crippen LogP contribution in [0.1, 0.15) is 31.4 Å². The Kier molecular flexibility index (Phi) is 4.21. The van der Waals surface area contributed by atoms with E-state index in [1.807, 2.05) is 21.9 Å². The summed E-state index contributed by atoms with van der Waals surface area (Å²) < 4.78 is 5.21. The molecule has 4 rings (SSSR count). The van der Waals surface area contributed by atoms with Crippen molar-refractivity contribution in [3.63, 3.8) is 0 Å². The number of hydrogen-bond donors (Lipinski definition) is 0. The first-order chi connectivity index (χ1) is 12.2. The monoisotopic (exact) mass is 339 g/mol. The summed E-state index contributed by atoms with van der Waals surface area (Å²) in [6.45, 7) is 6.09. The summed E-state index contributed by atoms with van der Waals surface area (Å²) in [7, 11) is 0. The van der Waals surface area contributed by atoms with Crippen LogP contribution in [-0.4, -0.2) is 50.0 Å². The van der Waals surface area contributed by atoms with Crippen molar-refractivity contribution in [3.05, 3.63) is 42.7 Å². The van der Waals surface area contributed by atoms with Gasteiger partial charge in [0.05, 0.1) is 24.1 Å². The average molecular weight is 339 g/mol. The Morgan fingerprint density at radius 1 is 1.20 bits per heavy atom. The molecule has 0 N–H and O–H groups in total. The van der Waals surface area contributed by atoms with E-state index in [0.717, 1.165) is 31.6 Å². The van der Waals surface area contributed by atoms with E-state index in [1.54, 1.807) is 6.20 Å². The molecule has 0 unspecified atom stereocenters. The minimum absolute atomic E-state index is 0.0596. The van der Waals surface area contributed by atoms with E-state index in [1.165, 1.54) is 19.2 Å². The second-order valence-electron chi connectivity index (χ2n) is 6.58. The van der Waals surface area contributed by atoms with E-state index in [4.69, 9.17) is 4.42 Å². The molecule has 1 amide bonds. The van der Waals surface area contributed by atoms with Crippen LogP contribution in [0.2, 0.25) is 0 Å². The van der Waals surface area contributed by atoms with E-state index >= 15 is 0 Å². The molecule has 1 saturated carbocycles. The highest BCUT2D eigenvalue weighted by Gasteiger charge is 2.33. The zero-order valence-electron chi connectivity index (χ0n) is 14.1. The topological polar surface area (TPSA) is 75.4 Å². The number of oxazole rings is 1. The summed E-state index contributed by atoms with van der Waals surface area (Å²) in [5, 5.41) is 8.41. The van der Waals surface area contributed by atoms with E-state index < -0.39 is 0 Å². The second-order valence-corrected chi connectivity index (χ2v) is 6.58. The molecule has 0 spiro atoms. The molecule has 2 fully saturated rings. The molecule has 3 heterocycles. The molecule has 2 aromatic heterocycles. The van der Waals surface area contributed by atoms with Gasteiger partial charge in [0.1, 0.15) is 5.69 Å². The molecule has 0 bridgehead atoms. The van der Waals surface area contributed by atoms with Gasteiger partial charge in [0.25, 0.3) is 5.91 Å². The minimum atomic E-state index is 0.0596. The lowest BCUT2D eigenvalue weighted by molar-refractivity contribution is -0.134. The van der Waals surface area contributed by atoms with Crippen LogP contribution in [0, 0.1) is 0 Å². The van der Waals surface area contributed by atoms with Crippen molar-refractivity contribution in [2.45, 2.75) is 38.3 Å². The predicted octanol–water partition coefficient (Wildman–Crippen LogP) is 2.23. The molecule has 0 radical (unpaired) electrons. The van der Waals surface area contributed by atoms with Crippen molar-refractivity contribution >= 4 is 5.91 Å². The number of rotatable bonds is 4. The lowest BCUT2D eigenvalue weighted by Crippen LogP contribution is -2.51. The molecular weight excluding hydrogens is 318 g/mol. The third-order valence-electron chi connectivity index (χ3n) is 5.02. The first-order valence-electron chi connectivity index (χ1n) is 8.68. The maximum Gasteiger partial charge on any atom is 0.269 e. The molecule has 1 saturated heterocycles. The molecule has 1 aliphatic heterocycles. The highest BCUT2D eigenvalue weighted by molar-refractivity contribution is 5.93. The molecular formula is C18H21N5O2. The summed E-state index contributed by atoms with van der Waals surface area (Å²) in [4.78, 5) is 20.5. The number of piperazine rings is 1. The maximum atomic E-state index is 12.7. The van der Waals surface area contributed by atoms with Gasteiger partial charge < -0.3 is 14.2 Å². The smallest absolute Gasteiger partial charge is 0.269 e. The van der Waals surface area contributed by atoms with Gasteiger partial charge >= 0.3 is 0 Å². The number of carbonyl (C=O) groups excluding carboxylic acids is 1. The van der Waals surface area contributed by atoms with Gasteiger partial charge in [-0.15, -0.1) is 5.10 Å². The Labute approximate surface area is 146 Å². The molecule has 7 heteroatoms. The van der Waals surface area contributed by atoms with Gasteiger partial charge in [-0.1, -0.05) is 19.4 Å². The number of hydrogen-bond acceptors (Lipinski definition) is 6. The van der Waals surface area contributed by atoms with Crippen LogP contribution < -0.4 is 0 Å². The van der Waals surface area contributed by atoms with Gasteiger partial charge in [0, 0.05) is 19.1 Å². The number of amides is 1. The normalized spacial score (nSPS) is 19.0. The summed E-state index contributed by atoms with van der Waals surface area (Å²) in [6, 6.07) is 4.14. The SMILES string of the molecule is C=C1C(=O)N(C2CCCC2)CCN1Cc1ccc(-c2cnco2)nn1. The second kappa shape index (κ2) is 6.66. The lowest BCUT2D eigenvalue weighted by Gasteiger charge is -2.39. The summed E-state index contributed by atoms with van der Waals surface area (Å²) >= 11 is 0. The molecule has 130 valence electrons. The van der Waals surface area contributed by atoms with Gasteiger partial charge in [0.2, 0.25) is 0 Å². The van der Waals surface area contributed by atoms with E-state index in [9.17, 15) is 4.79 Å². The molecule has 0 aromatic carbocycles. The molecule has 1 aliphatic carbocycles. The largest absolute Gasteiger partial charge is 0.442 e. The van der Waals surface area contributed by atoms with Crippen molar-refractivity contribution in [1.82, 2.24) is 25.0 Å². The first kappa shape index (κ1) is 15.8. The Morgan fingerprint density at radius 2 is 2.04 bits per heavy atom. The van der Waals surface area contributed by atoms with Gasteiger partial charge in [-0.2, -0.15) is 5.10 Å². The molecule has 2 aromatic rings. The Morgan fingerprint density at radius 3 is 2.72 bits per heavy atom. The fourth-order valence-electron chi connectivity index (χ4n) is 3.62. The van der Waals surface area contributed by atoms with Crippen LogP contribution in [0.3, 0.4) is 0 Å². The van der Waals surface area contributed by atoms with Crippen molar-refractivity contribution < 1.29 is 9.21 Å². The molecule has 7 nitrogen and oxygen atoms in total. The zero-order valence-corrected chi connectivity index (χ0v) is 14.1. The highest BCUT2D eigenvalue weighted by atomic mass is 16.3. The van der Waals surface area contributed by atoms with Gasteiger partial charge in [-0.3, -0.25) is 4.79 Å². The fraction of sp³-hybridized carbons (Fsp3) is 0.444. The third-order valence-corrected chi connectivity index (χ3v) is 5.02. The molecule has 0 atom stereocenters. The predicted molar refractivity (Wildman–Crippen MR) is 91.0 cm³/mol. The van der Waals surface area contributed by atoms with Crippen LogP contribution in [0.4, 0.5) is 0 Å². The van der Waals surface area contributed by atoms with Gasteiger partial charge in [-0.05, 0) is 25.0 Å². The lowest BCUT2D eigenvalue weighted by atomic mass is 10.1. The van der Waals surface area contributed by atoms with E-state index in [0.29, 0.717) is 29.7 Å². The summed E-state index contributed by atoms with van der Waals surface area (Å²) in [5.74, 6) is 0.646. The average Bonchev–Trinajstić information content (AvgIpc) is 3.33. The first-order valence-corrected chi connectivity index (χ1v) is 8.68. The Balaban J connectivity index is 1.41. The van der Waals surface area contributed by atoms with E-state index in [-0.39, 0.29) is 5.91 Å². The summed E-state index contributed by atoms with van der Waals surface area (Å²) in [6.07, 6.45) is 7.65. The quantitative estimate of drug-likeness (QED) is 0.795. The highest BCUT2D eigenvalue weighted by Crippen LogP contribution is 2.27. The van der Waals surface area contributed by atoms with Crippen LogP contribution in [0.25, 0.3) is 11.5 Å². The summed E-state index contributed by atoms with van der Waals surface area (Å²) in [5.41, 5.74) is 1.99. The molecule has 2 aliphatic rings. The van der Waals surface area contributed by atoms with Crippen molar-refractivity contribution in [1.29, 1.82) is 0 Å². The van der Waals surface area contributed by atoms with Crippen molar-refractivity contribution in [3.8, 4) is 11.5 Å². The van der Waals surface area contributed by atoms with Crippen molar-refractivity contribution in [2.75, 3.05) is 13.1 Å². The third kappa shape index (κ3) is 3.14. The van der Waals surface area contributed by atoms with Gasteiger partial charge in [-0.25, -0.2) is 4.98 Å². The van der Waals surface area contributed by atoms with E-state index in [2.05, 4.69) is 21.8 Å².